The number of benzene rings is 1. The van der Waals surface area contributed by atoms with Crippen molar-refractivity contribution < 1.29 is 22.7 Å². The van der Waals surface area contributed by atoms with E-state index in [1.165, 1.54) is 56.6 Å². The fourth-order valence-electron chi connectivity index (χ4n) is 3.44. The first-order valence-corrected chi connectivity index (χ1v) is 12.8. The summed E-state index contributed by atoms with van der Waals surface area (Å²) in [4.78, 5) is 19.5. The van der Waals surface area contributed by atoms with E-state index < -0.39 is 15.9 Å². The number of anilines is 1. The number of hydrogen-bond donors (Lipinski definition) is 2. The maximum atomic E-state index is 12.8. The van der Waals surface area contributed by atoms with Crippen LogP contribution in [0.15, 0.2) is 28.5 Å². The number of amides is 1. The number of nitrogens with one attached hydrogen (secondary N) is 2. The van der Waals surface area contributed by atoms with E-state index in [9.17, 15) is 13.2 Å². The molecule has 1 aromatic carbocycles. The number of thiazole rings is 1. The summed E-state index contributed by atoms with van der Waals surface area (Å²) in [6.07, 6.45) is 2.38. The van der Waals surface area contributed by atoms with Crippen molar-refractivity contribution in [2.24, 2.45) is 5.92 Å². The minimum absolute atomic E-state index is 0.107. The molecule has 9 nitrogen and oxygen atoms in total. The van der Waals surface area contributed by atoms with Gasteiger partial charge in [0.15, 0.2) is 5.13 Å². The van der Waals surface area contributed by atoms with Gasteiger partial charge in [0.1, 0.15) is 10.6 Å². The molecule has 0 saturated carbocycles. The molecule has 1 saturated heterocycles. The second kappa shape index (κ2) is 11.2. The van der Waals surface area contributed by atoms with Crippen LogP contribution in [0.25, 0.3) is 0 Å². The van der Waals surface area contributed by atoms with Gasteiger partial charge in [0, 0.05) is 31.1 Å². The number of ether oxygens (including phenoxy) is 2. The van der Waals surface area contributed by atoms with Gasteiger partial charge in [-0.05, 0) is 50.0 Å². The van der Waals surface area contributed by atoms with Crippen LogP contribution in [-0.2, 0) is 21.3 Å². The molecule has 32 heavy (non-hydrogen) atoms. The van der Waals surface area contributed by atoms with Crippen molar-refractivity contribution in [2.45, 2.75) is 31.2 Å². The number of methoxy groups -OCH3 is 2. The Morgan fingerprint density at radius 1 is 1.28 bits per heavy atom. The fraction of sp³-hybridized carbons (Fsp3) is 0.524. The molecule has 3 rings (SSSR count). The smallest absolute Gasteiger partial charge is 0.257 e. The number of likely N-dealkylation sites (tertiary alicyclic amines) is 1. The summed E-state index contributed by atoms with van der Waals surface area (Å²) in [6, 6.07) is 4.28. The van der Waals surface area contributed by atoms with Gasteiger partial charge in [-0.2, -0.15) is 0 Å². The molecule has 2 N–H and O–H groups in total. The van der Waals surface area contributed by atoms with Crippen molar-refractivity contribution in [1.82, 2.24) is 14.6 Å². The Bertz CT molecular complexity index is 1020. The number of rotatable bonds is 10. The monoisotopic (exact) mass is 482 g/mol. The van der Waals surface area contributed by atoms with Gasteiger partial charge in [-0.15, -0.1) is 11.3 Å². The Morgan fingerprint density at radius 2 is 2.03 bits per heavy atom. The highest BCUT2D eigenvalue weighted by atomic mass is 32.2. The molecule has 1 amide bonds. The van der Waals surface area contributed by atoms with Crippen molar-refractivity contribution in [3.8, 4) is 5.75 Å². The van der Waals surface area contributed by atoms with E-state index in [0.717, 1.165) is 31.2 Å². The van der Waals surface area contributed by atoms with Crippen LogP contribution in [0.3, 0.4) is 0 Å². The molecule has 0 atom stereocenters. The SMILES string of the molecule is COCCNS(=O)(=O)c1cc(C(=O)Nc2nc(CN3CCC(C)CC3)cs2)ccc1OC. The van der Waals surface area contributed by atoms with Gasteiger partial charge >= 0.3 is 0 Å². The summed E-state index contributed by atoms with van der Waals surface area (Å²) in [5.74, 6) is 0.484. The number of hydrogen-bond acceptors (Lipinski definition) is 8. The Balaban J connectivity index is 1.68. The normalized spacial score (nSPS) is 15.6. The van der Waals surface area contributed by atoms with Crippen LogP contribution in [-0.4, -0.2) is 64.7 Å². The Hall–Kier alpha value is -2.05. The number of piperidine rings is 1. The molecule has 1 fully saturated rings. The van der Waals surface area contributed by atoms with Gasteiger partial charge < -0.3 is 9.47 Å². The van der Waals surface area contributed by atoms with Crippen molar-refractivity contribution in [3.63, 3.8) is 0 Å². The predicted octanol–water partition coefficient (Wildman–Crippen LogP) is 2.56. The van der Waals surface area contributed by atoms with Crippen LogP contribution in [0.4, 0.5) is 5.13 Å². The predicted molar refractivity (Wildman–Crippen MR) is 124 cm³/mol. The highest BCUT2D eigenvalue weighted by Crippen LogP contribution is 2.26. The van der Waals surface area contributed by atoms with E-state index in [1.807, 2.05) is 5.38 Å². The molecule has 1 aromatic heterocycles. The van der Waals surface area contributed by atoms with Crippen LogP contribution in [0.1, 0.15) is 35.8 Å². The van der Waals surface area contributed by atoms with Gasteiger partial charge in [-0.1, -0.05) is 6.92 Å². The van der Waals surface area contributed by atoms with Crippen molar-refractivity contribution in [2.75, 3.05) is 45.8 Å². The van der Waals surface area contributed by atoms with Crippen molar-refractivity contribution >= 4 is 32.4 Å². The molecule has 2 heterocycles. The van der Waals surface area contributed by atoms with Crippen molar-refractivity contribution in [1.29, 1.82) is 0 Å². The molecular weight excluding hydrogens is 452 g/mol. The maximum Gasteiger partial charge on any atom is 0.257 e. The van der Waals surface area contributed by atoms with Gasteiger partial charge in [0.2, 0.25) is 10.0 Å². The second-order valence-corrected chi connectivity index (χ2v) is 10.4. The molecule has 2 aromatic rings. The third-order valence-corrected chi connectivity index (χ3v) is 7.64. The molecule has 0 spiro atoms. The first-order valence-electron chi connectivity index (χ1n) is 10.5. The van der Waals surface area contributed by atoms with Crippen LogP contribution in [0.2, 0.25) is 0 Å². The summed E-state index contributed by atoms with van der Waals surface area (Å²) in [5, 5.41) is 5.19. The van der Waals surface area contributed by atoms with Crippen LogP contribution >= 0.6 is 11.3 Å². The first kappa shape index (κ1) is 24.6. The number of carbonyl (C=O) groups excluding carboxylic acids is 1. The van der Waals surface area contributed by atoms with Crippen LogP contribution in [0, 0.1) is 5.92 Å². The third-order valence-electron chi connectivity index (χ3n) is 5.35. The second-order valence-electron chi connectivity index (χ2n) is 7.81. The fourth-order valence-corrected chi connectivity index (χ4v) is 5.34. The quantitative estimate of drug-likeness (QED) is 0.501. The highest BCUT2D eigenvalue weighted by Gasteiger charge is 2.22. The molecule has 11 heteroatoms. The topological polar surface area (TPSA) is 110 Å². The molecule has 1 aliphatic rings. The summed E-state index contributed by atoms with van der Waals surface area (Å²) in [5.41, 5.74) is 1.11. The highest BCUT2D eigenvalue weighted by molar-refractivity contribution is 7.89. The Kier molecular flexibility index (Phi) is 8.60. The average molecular weight is 483 g/mol. The lowest BCUT2D eigenvalue weighted by Crippen LogP contribution is -2.32. The maximum absolute atomic E-state index is 12.8. The zero-order valence-corrected chi connectivity index (χ0v) is 20.2. The third kappa shape index (κ3) is 6.48. The van der Waals surface area contributed by atoms with E-state index in [-0.39, 0.29) is 29.4 Å². The van der Waals surface area contributed by atoms with E-state index in [0.29, 0.717) is 5.13 Å². The van der Waals surface area contributed by atoms with E-state index in [1.54, 1.807) is 0 Å². The zero-order valence-electron chi connectivity index (χ0n) is 18.6. The van der Waals surface area contributed by atoms with Gasteiger partial charge in [-0.3, -0.25) is 15.0 Å². The summed E-state index contributed by atoms with van der Waals surface area (Å²) >= 11 is 1.35. The summed E-state index contributed by atoms with van der Waals surface area (Å²) in [7, 11) is -1.01. The van der Waals surface area contributed by atoms with Gasteiger partial charge in [0.05, 0.1) is 19.4 Å². The standard InChI is InChI=1S/C21H30N4O5S2/c1-15-6-9-25(10-7-15)13-17-14-31-21(23-17)24-20(26)16-4-5-18(30-3)19(12-16)32(27,28)22-8-11-29-2/h4-5,12,14-15,22H,6-11,13H2,1-3H3,(H,23,24,26). The van der Waals surface area contributed by atoms with Crippen LogP contribution < -0.4 is 14.8 Å². The molecule has 0 aliphatic carbocycles. The van der Waals surface area contributed by atoms with Crippen molar-refractivity contribution in [3.05, 3.63) is 34.8 Å². The summed E-state index contributed by atoms with van der Waals surface area (Å²) in [6.45, 7) is 5.49. The number of nitrogens with zero attached hydrogens (tertiary/aromatic N) is 2. The van der Waals surface area contributed by atoms with E-state index in [4.69, 9.17) is 9.47 Å². The van der Waals surface area contributed by atoms with Gasteiger partial charge in [0.25, 0.3) is 5.91 Å². The molecule has 176 valence electrons. The lowest BCUT2D eigenvalue weighted by molar-refractivity contribution is 0.102. The zero-order chi connectivity index (χ0) is 23.1. The molecule has 0 unspecified atom stereocenters. The number of aromatic nitrogens is 1. The molecule has 0 radical (unpaired) electrons. The lowest BCUT2D eigenvalue weighted by atomic mass is 9.99. The van der Waals surface area contributed by atoms with Gasteiger partial charge in [-0.25, -0.2) is 18.1 Å². The van der Waals surface area contributed by atoms with E-state index in [2.05, 4.69) is 26.8 Å². The Labute approximate surface area is 193 Å². The lowest BCUT2D eigenvalue weighted by Gasteiger charge is -2.29. The number of carbonyl (C=O) groups is 1. The average Bonchev–Trinajstić information content (AvgIpc) is 3.21. The molecular formula is C21H30N4O5S2. The first-order chi connectivity index (χ1) is 15.3. The Morgan fingerprint density at radius 3 is 2.72 bits per heavy atom. The summed E-state index contributed by atoms with van der Waals surface area (Å²) < 4.78 is 37.8. The van der Waals surface area contributed by atoms with E-state index >= 15 is 0 Å². The number of sulfonamides is 1. The minimum atomic E-state index is -3.87. The molecule has 1 aliphatic heterocycles. The largest absolute Gasteiger partial charge is 0.495 e. The van der Waals surface area contributed by atoms with Crippen LogP contribution in [0.5, 0.6) is 5.75 Å². The minimum Gasteiger partial charge on any atom is -0.495 e. The molecule has 0 bridgehead atoms.